The van der Waals surface area contributed by atoms with Crippen LogP contribution in [0, 0.1) is 6.92 Å². The van der Waals surface area contributed by atoms with Crippen LogP contribution in [0.2, 0.25) is 0 Å². The van der Waals surface area contributed by atoms with Gasteiger partial charge < -0.3 is 15.5 Å². The van der Waals surface area contributed by atoms with Crippen molar-refractivity contribution in [2.75, 3.05) is 6.54 Å². The number of nitrogens with two attached hydrogens (primary N) is 1. The van der Waals surface area contributed by atoms with Gasteiger partial charge >= 0.3 is 0 Å². The van der Waals surface area contributed by atoms with Crippen molar-refractivity contribution in [2.24, 2.45) is 5.73 Å². The molecule has 0 aromatic carbocycles. The van der Waals surface area contributed by atoms with E-state index in [2.05, 4.69) is 5.32 Å². The molecule has 1 amide bonds. The Hall–Kier alpha value is -1.29. The van der Waals surface area contributed by atoms with Gasteiger partial charge in [-0.15, -0.1) is 0 Å². The summed E-state index contributed by atoms with van der Waals surface area (Å²) in [6.45, 7) is 6.11. The summed E-state index contributed by atoms with van der Waals surface area (Å²) in [4.78, 5) is 11.8. The molecule has 0 radical (unpaired) electrons. The van der Waals surface area contributed by atoms with E-state index in [0.717, 1.165) is 6.42 Å². The highest BCUT2D eigenvalue weighted by molar-refractivity contribution is 5.95. The zero-order valence-electron chi connectivity index (χ0n) is 9.46. The Bertz CT molecular complexity index is 340. The lowest BCUT2D eigenvalue weighted by molar-refractivity contribution is 0.0905. The second-order valence-corrected chi connectivity index (χ2v) is 3.96. The third-order valence-electron chi connectivity index (χ3n) is 2.75. The molecule has 0 spiro atoms. The van der Waals surface area contributed by atoms with Crippen LogP contribution in [0.25, 0.3) is 0 Å². The van der Waals surface area contributed by atoms with Crippen LogP contribution in [0.15, 0.2) is 16.7 Å². The maximum atomic E-state index is 11.8. The number of aryl methyl sites for hydroxylation is 1. The van der Waals surface area contributed by atoms with Gasteiger partial charge in [0.05, 0.1) is 11.8 Å². The van der Waals surface area contributed by atoms with Gasteiger partial charge in [-0.2, -0.15) is 0 Å². The van der Waals surface area contributed by atoms with Crippen molar-refractivity contribution in [3.63, 3.8) is 0 Å². The van der Waals surface area contributed by atoms with E-state index in [0.29, 0.717) is 17.9 Å². The molecule has 1 heterocycles. The molecule has 0 aliphatic heterocycles. The largest absolute Gasteiger partial charge is 0.469 e. The monoisotopic (exact) mass is 210 g/mol. The van der Waals surface area contributed by atoms with E-state index in [-0.39, 0.29) is 11.4 Å². The predicted octanol–water partition coefficient (Wildman–Crippen LogP) is 1.45. The Morgan fingerprint density at radius 2 is 2.33 bits per heavy atom. The lowest BCUT2D eigenvalue weighted by Crippen LogP contribution is -2.50. The van der Waals surface area contributed by atoms with Gasteiger partial charge in [-0.1, -0.05) is 6.92 Å². The fraction of sp³-hybridized carbons (Fsp3) is 0.545. The fourth-order valence-electron chi connectivity index (χ4n) is 1.25. The molecule has 1 aromatic heterocycles. The zero-order chi connectivity index (χ0) is 11.5. The van der Waals surface area contributed by atoms with Crippen LogP contribution in [0.1, 0.15) is 36.4 Å². The van der Waals surface area contributed by atoms with Crippen molar-refractivity contribution in [2.45, 2.75) is 32.7 Å². The molecule has 15 heavy (non-hydrogen) atoms. The molecule has 0 aliphatic carbocycles. The SMILES string of the molecule is CCC(C)(CN)NC(=O)c1ccoc1C. The van der Waals surface area contributed by atoms with E-state index in [1.807, 2.05) is 13.8 Å². The molecular weight excluding hydrogens is 192 g/mol. The smallest absolute Gasteiger partial charge is 0.255 e. The minimum Gasteiger partial charge on any atom is -0.469 e. The van der Waals surface area contributed by atoms with Crippen LogP contribution in [-0.4, -0.2) is 18.0 Å². The Labute approximate surface area is 89.8 Å². The molecule has 0 fully saturated rings. The number of nitrogens with one attached hydrogen (secondary N) is 1. The highest BCUT2D eigenvalue weighted by Gasteiger charge is 2.24. The quantitative estimate of drug-likeness (QED) is 0.790. The molecule has 0 saturated carbocycles. The number of carbonyl (C=O) groups excluding carboxylic acids is 1. The first kappa shape index (κ1) is 11.8. The van der Waals surface area contributed by atoms with Crippen molar-refractivity contribution in [1.82, 2.24) is 5.32 Å². The maximum Gasteiger partial charge on any atom is 0.255 e. The van der Waals surface area contributed by atoms with Gasteiger partial charge in [0.1, 0.15) is 5.76 Å². The number of amides is 1. The van der Waals surface area contributed by atoms with E-state index >= 15 is 0 Å². The van der Waals surface area contributed by atoms with E-state index < -0.39 is 0 Å². The van der Waals surface area contributed by atoms with Gasteiger partial charge in [0.15, 0.2) is 0 Å². The van der Waals surface area contributed by atoms with Gasteiger partial charge in [0.2, 0.25) is 0 Å². The van der Waals surface area contributed by atoms with Gasteiger partial charge in [0, 0.05) is 12.1 Å². The molecule has 1 aromatic rings. The summed E-state index contributed by atoms with van der Waals surface area (Å²) < 4.78 is 5.08. The topological polar surface area (TPSA) is 68.3 Å². The maximum absolute atomic E-state index is 11.8. The second kappa shape index (κ2) is 4.49. The lowest BCUT2D eigenvalue weighted by Gasteiger charge is -2.27. The number of rotatable bonds is 4. The Morgan fingerprint density at radius 1 is 1.67 bits per heavy atom. The van der Waals surface area contributed by atoms with Crippen LogP contribution in [-0.2, 0) is 0 Å². The van der Waals surface area contributed by atoms with Crippen molar-refractivity contribution >= 4 is 5.91 Å². The van der Waals surface area contributed by atoms with Crippen LogP contribution in [0.4, 0.5) is 0 Å². The number of hydrogen-bond donors (Lipinski definition) is 2. The Kier molecular flexibility index (Phi) is 3.52. The van der Waals surface area contributed by atoms with E-state index in [9.17, 15) is 4.79 Å². The molecule has 0 bridgehead atoms. The minimum atomic E-state index is -0.346. The van der Waals surface area contributed by atoms with Crippen LogP contribution >= 0.6 is 0 Å². The Morgan fingerprint density at radius 3 is 2.73 bits per heavy atom. The second-order valence-electron chi connectivity index (χ2n) is 3.96. The van der Waals surface area contributed by atoms with Gasteiger partial charge in [-0.05, 0) is 26.3 Å². The minimum absolute atomic E-state index is 0.129. The van der Waals surface area contributed by atoms with Crippen molar-refractivity contribution in [1.29, 1.82) is 0 Å². The summed E-state index contributed by atoms with van der Waals surface area (Å²) in [6, 6.07) is 1.66. The molecule has 0 saturated heterocycles. The molecule has 4 heteroatoms. The number of hydrogen-bond acceptors (Lipinski definition) is 3. The van der Waals surface area contributed by atoms with Crippen LogP contribution in [0.3, 0.4) is 0 Å². The number of carbonyl (C=O) groups is 1. The Balaban J connectivity index is 2.76. The molecule has 1 rings (SSSR count). The highest BCUT2D eigenvalue weighted by Crippen LogP contribution is 2.12. The molecule has 4 nitrogen and oxygen atoms in total. The third kappa shape index (κ3) is 2.59. The van der Waals surface area contributed by atoms with Crippen molar-refractivity contribution in [3.8, 4) is 0 Å². The molecule has 84 valence electrons. The summed E-state index contributed by atoms with van der Waals surface area (Å²) in [6.07, 6.45) is 2.31. The summed E-state index contributed by atoms with van der Waals surface area (Å²) in [7, 11) is 0. The summed E-state index contributed by atoms with van der Waals surface area (Å²) in [5.74, 6) is 0.499. The van der Waals surface area contributed by atoms with Crippen molar-refractivity contribution in [3.05, 3.63) is 23.7 Å². The summed E-state index contributed by atoms with van der Waals surface area (Å²) >= 11 is 0. The predicted molar refractivity (Wildman–Crippen MR) is 58.7 cm³/mol. The highest BCUT2D eigenvalue weighted by atomic mass is 16.3. The first-order chi connectivity index (χ1) is 7.02. The standard InChI is InChI=1S/C11H18N2O2/c1-4-11(3,7-12)13-10(14)9-5-6-15-8(9)2/h5-6H,4,7,12H2,1-3H3,(H,13,14). The lowest BCUT2D eigenvalue weighted by atomic mass is 9.98. The fourth-order valence-corrected chi connectivity index (χ4v) is 1.25. The van der Waals surface area contributed by atoms with E-state index in [4.69, 9.17) is 10.2 Å². The van der Waals surface area contributed by atoms with Crippen LogP contribution in [0.5, 0.6) is 0 Å². The first-order valence-corrected chi connectivity index (χ1v) is 5.09. The summed E-state index contributed by atoms with van der Waals surface area (Å²) in [5.41, 5.74) is 5.85. The molecular formula is C11H18N2O2. The third-order valence-corrected chi connectivity index (χ3v) is 2.75. The average molecular weight is 210 g/mol. The van der Waals surface area contributed by atoms with Crippen LogP contribution < -0.4 is 11.1 Å². The zero-order valence-corrected chi connectivity index (χ0v) is 9.46. The van der Waals surface area contributed by atoms with Gasteiger partial charge in [-0.25, -0.2) is 0 Å². The normalized spacial score (nSPS) is 14.7. The van der Waals surface area contributed by atoms with E-state index in [1.165, 1.54) is 6.26 Å². The molecule has 1 atom stereocenters. The van der Waals surface area contributed by atoms with Gasteiger partial charge in [0.25, 0.3) is 5.91 Å². The van der Waals surface area contributed by atoms with E-state index in [1.54, 1.807) is 13.0 Å². The first-order valence-electron chi connectivity index (χ1n) is 5.09. The molecule has 0 aliphatic rings. The average Bonchev–Trinajstić information content (AvgIpc) is 2.64. The molecule has 1 unspecified atom stereocenters. The number of furan rings is 1. The van der Waals surface area contributed by atoms with Crippen molar-refractivity contribution < 1.29 is 9.21 Å². The summed E-state index contributed by atoms with van der Waals surface area (Å²) in [5, 5.41) is 2.91. The van der Waals surface area contributed by atoms with Gasteiger partial charge in [-0.3, -0.25) is 4.79 Å². The molecule has 3 N–H and O–H groups in total.